The molecule has 4 nitrogen and oxygen atoms in total. The van der Waals surface area contributed by atoms with Gasteiger partial charge in [0.25, 0.3) is 0 Å². The topological polar surface area (TPSA) is 54.3 Å². The number of hydrogen-bond donors (Lipinski definition) is 1. The molecule has 4 heteroatoms. The first-order valence-electron chi connectivity index (χ1n) is 7.07. The van der Waals surface area contributed by atoms with Crippen LogP contribution in [0.1, 0.15) is 38.7 Å². The molecule has 1 rings (SSSR count). The quantitative estimate of drug-likeness (QED) is 0.703. The van der Waals surface area contributed by atoms with Crippen molar-refractivity contribution in [3.8, 4) is 17.6 Å². The maximum Gasteiger partial charge on any atom is 0.127 e. The average Bonchev–Trinajstić information content (AvgIpc) is 2.45. The second-order valence-electron chi connectivity index (χ2n) is 4.97. The van der Waals surface area contributed by atoms with Crippen molar-refractivity contribution in [2.75, 3.05) is 13.7 Å². The summed E-state index contributed by atoms with van der Waals surface area (Å²) in [4.78, 5) is 0. The van der Waals surface area contributed by atoms with Crippen LogP contribution in [0.3, 0.4) is 0 Å². The number of unbranched alkanes of at least 4 members (excludes halogenated alkanes) is 2. The van der Waals surface area contributed by atoms with Gasteiger partial charge in [-0.05, 0) is 18.9 Å². The van der Waals surface area contributed by atoms with E-state index in [9.17, 15) is 0 Å². The average molecular weight is 276 g/mol. The van der Waals surface area contributed by atoms with Crippen molar-refractivity contribution >= 4 is 0 Å². The first-order chi connectivity index (χ1) is 9.67. The van der Waals surface area contributed by atoms with E-state index >= 15 is 0 Å². The van der Waals surface area contributed by atoms with Crippen molar-refractivity contribution in [1.82, 2.24) is 5.32 Å². The van der Waals surface area contributed by atoms with Crippen LogP contribution in [0.2, 0.25) is 0 Å². The lowest BCUT2D eigenvalue weighted by molar-refractivity contribution is 0.301. The molecule has 0 unspecified atom stereocenters. The summed E-state index contributed by atoms with van der Waals surface area (Å²) in [6.07, 6.45) is 2.35. The minimum atomic E-state index is 0.431. The monoisotopic (exact) mass is 276 g/mol. The summed E-state index contributed by atoms with van der Waals surface area (Å²) in [5.74, 6) is 1.65. The van der Waals surface area contributed by atoms with Crippen LogP contribution in [0.15, 0.2) is 18.2 Å². The van der Waals surface area contributed by atoms with Crippen LogP contribution >= 0.6 is 0 Å². The van der Waals surface area contributed by atoms with Crippen LogP contribution in [-0.2, 0) is 6.54 Å². The molecule has 0 aliphatic rings. The van der Waals surface area contributed by atoms with E-state index in [1.54, 1.807) is 7.11 Å². The zero-order valence-corrected chi connectivity index (χ0v) is 12.6. The van der Waals surface area contributed by atoms with Gasteiger partial charge < -0.3 is 14.8 Å². The Morgan fingerprint density at radius 2 is 2.10 bits per heavy atom. The summed E-state index contributed by atoms with van der Waals surface area (Å²) in [5, 5.41) is 11.9. The van der Waals surface area contributed by atoms with E-state index < -0.39 is 0 Å². The van der Waals surface area contributed by atoms with Gasteiger partial charge in [0.05, 0.1) is 19.8 Å². The third kappa shape index (κ3) is 5.94. The van der Waals surface area contributed by atoms with E-state index in [0.717, 1.165) is 36.4 Å². The number of benzene rings is 1. The molecule has 0 aliphatic carbocycles. The molecule has 20 heavy (non-hydrogen) atoms. The van der Waals surface area contributed by atoms with E-state index in [4.69, 9.17) is 14.7 Å². The highest BCUT2D eigenvalue weighted by Gasteiger charge is 2.06. The first-order valence-corrected chi connectivity index (χ1v) is 7.07. The van der Waals surface area contributed by atoms with E-state index in [0.29, 0.717) is 19.1 Å². The highest BCUT2D eigenvalue weighted by atomic mass is 16.5. The van der Waals surface area contributed by atoms with Crippen molar-refractivity contribution in [3.05, 3.63) is 23.8 Å². The van der Waals surface area contributed by atoms with Crippen molar-refractivity contribution in [2.24, 2.45) is 0 Å². The van der Waals surface area contributed by atoms with Crippen LogP contribution < -0.4 is 14.8 Å². The molecule has 0 aliphatic heterocycles. The number of nitrogens with zero attached hydrogens (tertiary/aromatic N) is 1. The normalized spacial score (nSPS) is 10.3. The van der Waals surface area contributed by atoms with Crippen molar-refractivity contribution in [1.29, 1.82) is 5.26 Å². The van der Waals surface area contributed by atoms with Gasteiger partial charge in [0, 0.05) is 30.6 Å². The summed E-state index contributed by atoms with van der Waals surface area (Å²) < 4.78 is 11.1. The SMILES string of the molecule is COc1ccc(CNC(C)C)c(OCCCCC#N)c1. The molecular weight excluding hydrogens is 252 g/mol. The predicted octanol–water partition coefficient (Wildman–Crippen LogP) is 3.27. The van der Waals surface area contributed by atoms with Crippen LogP contribution in [0.25, 0.3) is 0 Å². The lowest BCUT2D eigenvalue weighted by Gasteiger charge is -2.15. The highest BCUT2D eigenvalue weighted by Crippen LogP contribution is 2.25. The standard InChI is InChI=1S/C16H24N2O2/c1-13(2)18-12-14-7-8-15(19-3)11-16(14)20-10-6-4-5-9-17/h7-8,11,13,18H,4-6,10,12H2,1-3H3. The molecule has 0 radical (unpaired) electrons. The molecule has 1 aromatic carbocycles. The molecule has 0 atom stereocenters. The van der Waals surface area contributed by atoms with Gasteiger partial charge in [-0.25, -0.2) is 0 Å². The van der Waals surface area contributed by atoms with E-state index in [2.05, 4.69) is 25.2 Å². The Labute approximate surface area is 121 Å². The maximum absolute atomic E-state index is 8.50. The Balaban J connectivity index is 2.61. The summed E-state index contributed by atoms with van der Waals surface area (Å²) in [6, 6.07) is 8.46. The lowest BCUT2D eigenvalue weighted by Crippen LogP contribution is -2.22. The highest BCUT2D eigenvalue weighted by molar-refractivity contribution is 5.40. The summed E-state index contributed by atoms with van der Waals surface area (Å²) in [6.45, 7) is 5.64. The number of nitriles is 1. The van der Waals surface area contributed by atoms with E-state index in [1.165, 1.54) is 0 Å². The number of ether oxygens (including phenoxy) is 2. The first kappa shape index (κ1) is 16.3. The maximum atomic E-state index is 8.50. The Bertz CT molecular complexity index is 439. The molecule has 0 spiro atoms. The van der Waals surface area contributed by atoms with Crippen LogP contribution in [0.4, 0.5) is 0 Å². The van der Waals surface area contributed by atoms with Gasteiger partial charge in [0.2, 0.25) is 0 Å². The van der Waals surface area contributed by atoms with Gasteiger partial charge in [-0.2, -0.15) is 5.26 Å². The fourth-order valence-electron chi connectivity index (χ4n) is 1.74. The van der Waals surface area contributed by atoms with Gasteiger partial charge >= 0.3 is 0 Å². The van der Waals surface area contributed by atoms with E-state index in [-0.39, 0.29) is 0 Å². The largest absolute Gasteiger partial charge is 0.497 e. The minimum absolute atomic E-state index is 0.431. The fourth-order valence-corrected chi connectivity index (χ4v) is 1.74. The van der Waals surface area contributed by atoms with Crippen molar-refractivity contribution < 1.29 is 9.47 Å². The zero-order chi connectivity index (χ0) is 14.8. The van der Waals surface area contributed by atoms with Crippen molar-refractivity contribution in [2.45, 2.75) is 45.7 Å². The number of rotatable bonds is 9. The molecule has 0 bridgehead atoms. The molecule has 1 N–H and O–H groups in total. The van der Waals surface area contributed by atoms with Gasteiger partial charge in [-0.15, -0.1) is 0 Å². The second kappa shape index (κ2) is 9.22. The van der Waals surface area contributed by atoms with Gasteiger partial charge in [-0.3, -0.25) is 0 Å². The Morgan fingerprint density at radius 1 is 1.30 bits per heavy atom. The molecule has 0 saturated heterocycles. The molecule has 0 saturated carbocycles. The second-order valence-corrected chi connectivity index (χ2v) is 4.97. The van der Waals surface area contributed by atoms with Gasteiger partial charge in [0.15, 0.2) is 0 Å². The Kier molecular flexibility index (Phi) is 7.52. The number of hydrogen-bond acceptors (Lipinski definition) is 4. The molecule has 110 valence electrons. The van der Waals surface area contributed by atoms with Crippen LogP contribution in [0.5, 0.6) is 11.5 Å². The third-order valence-corrected chi connectivity index (χ3v) is 2.92. The summed E-state index contributed by atoms with van der Waals surface area (Å²) in [7, 11) is 1.65. The van der Waals surface area contributed by atoms with Gasteiger partial charge in [0.1, 0.15) is 11.5 Å². The fraction of sp³-hybridized carbons (Fsp3) is 0.562. The number of methoxy groups -OCH3 is 1. The molecule has 0 fully saturated rings. The molecule has 1 aromatic rings. The van der Waals surface area contributed by atoms with E-state index in [1.807, 2.05) is 18.2 Å². The minimum Gasteiger partial charge on any atom is -0.497 e. The molecular formula is C16H24N2O2. The van der Waals surface area contributed by atoms with Crippen LogP contribution in [0, 0.1) is 11.3 Å². The predicted molar refractivity (Wildman–Crippen MR) is 79.9 cm³/mol. The molecule has 0 amide bonds. The van der Waals surface area contributed by atoms with Crippen molar-refractivity contribution in [3.63, 3.8) is 0 Å². The summed E-state index contributed by atoms with van der Waals surface area (Å²) in [5.41, 5.74) is 1.12. The molecule has 0 heterocycles. The Hall–Kier alpha value is -1.73. The Morgan fingerprint density at radius 3 is 2.75 bits per heavy atom. The molecule has 0 aromatic heterocycles. The smallest absolute Gasteiger partial charge is 0.127 e. The zero-order valence-electron chi connectivity index (χ0n) is 12.6. The number of nitrogens with one attached hydrogen (secondary N) is 1. The third-order valence-electron chi connectivity index (χ3n) is 2.92. The van der Waals surface area contributed by atoms with Crippen LogP contribution in [-0.4, -0.2) is 19.8 Å². The van der Waals surface area contributed by atoms with Gasteiger partial charge in [-0.1, -0.05) is 19.9 Å². The summed E-state index contributed by atoms with van der Waals surface area (Å²) >= 11 is 0. The lowest BCUT2D eigenvalue weighted by atomic mass is 10.1.